The smallest absolute Gasteiger partial charge is 0.326 e. The summed E-state index contributed by atoms with van der Waals surface area (Å²) in [6.07, 6.45) is 5.24. The van der Waals surface area contributed by atoms with Crippen LogP contribution >= 0.6 is 11.8 Å². The van der Waals surface area contributed by atoms with Crippen LogP contribution in [0.3, 0.4) is 0 Å². The Kier molecular flexibility index (Phi) is 7.06. The van der Waals surface area contributed by atoms with Crippen molar-refractivity contribution in [2.75, 3.05) is 49.2 Å². The van der Waals surface area contributed by atoms with Gasteiger partial charge in [-0.3, -0.25) is 4.90 Å². The minimum atomic E-state index is -1.000. The number of nitrogens with two attached hydrogens (primary N) is 1. The predicted octanol–water partition coefficient (Wildman–Crippen LogP) is 1.62. The summed E-state index contributed by atoms with van der Waals surface area (Å²) in [6.45, 7) is 8.44. The van der Waals surface area contributed by atoms with E-state index in [9.17, 15) is 15.0 Å². The van der Waals surface area contributed by atoms with E-state index in [1.807, 2.05) is 13.0 Å². The molecule has 40 heavy (non-hydrogen) atoms. The van der Waals surface area contributed by atoms with Crippen LogP contribution in [0.2, 0.25) is 0 Å². The van der Waals surface area contributed by atoms with Crippen LogP contribution < -0.4 is 20.3 Å². The van der Waals surface area contributed by atoms with Gasteiger partial charge in [0.2, 0.25) is 0 Å². The number of aromatic nitrogens is 3. The first-order valence-corrected chi connectivity index (χ1v) is 14.6. The zero-order valence-electron chi connectivity index (χ0n) is 23.1. The minimum Gasteiger partial charge on any atom is -0.486 e. The fraction of sp³-hybridized carbons (Fsp3) is 0.630. The number of carbonyl (C=O) groups is 1. The van der Waals surface area contributed by atoms with Gasteiger partial charge >= 0.3 is 6.03 Å². The SMILES string of the molecule is C[C@@H]1OCC2(CCN(c3ncc(Sc4ccnc5c4OCC4CN(CC(C)(C)O)C(=O)N54)nc3CO)CC2)[C@@H]1N. The van der Waals surface area contributed by atoms with Gasteiger partial charge in [0.05, 0.1) is 48.6 Å². The van der Waals surface area contributed by atoms with E-state index >= 15 is 0 Å². The van der Waals surface area contributed by atoms with E-state index in [1.165, 1.54) is 11.8 Å². The Hall–Kier alpha value is -2.71. The fourth-order valence-corrected chi connectivity index (χ4v) is 7.13. The highest BCUT2D eigenvalue weighted by atomic mass is 32.2. The largest absolute Gasteiger partial charge is 0.486 e. The molecule has 6 heterocycles. The van der Waals surface area contributed by atoms with E-state index < -0.39 is 5.60 Å². The summed E-state index contributed by atoms with van der Waals surface area (Å²) in [5.41, 5.74) is 5.99. The van der Waals surface area contributed by atoms with E-state index in [4.69, 9.17) is 25.2 Å². The zero-order chi connectivity index (χ0) is 28.2. The van der Waals surface area contributed by atoms with Crippen molar-refractivity contribution in [3.8, 4) is 5.75 Å². The summed E-state index contributed by atoms with van der Waals surface area (Å²) in [6, 6.07) is 1.49. The van der Waals surface area contributed by atoms with Crippen LogP contribution in [-0.2, 0) is 11.3 Å². The lowest BCUT2D eigenvalue weighted by atomic mass is 9.73. The molecule has 0 saturated carbocycles. The van der Waals surface area contributed by atoms with Gasteiger partial charge in [0.1, 0.15) is 17.3 Å². The highest BCUT2D eigenvalue weighted by Gasteiger charge is 2.48. The van der Waals surface area contributed by atoms with Crippen LogP contribution in [0.1, 0.15) is 39.3 Å². The summed E-state index contributed by atoms with van der Waals surface area (Å²) < 4.78 is 12.0. The molecule has 1 spiro atoms. The Morgan fingerprint density at radius 2 is 2.02 bits per heavy atom. The zero-order valence-corrected chi connectivity index (χ0v) is 23.9. The first-order valence-electron chi connectivity index (χ1n) is 13.8. The molecule has 1 unspecified atom stereocenters. The molecule has 3 fully saturated rings. The summed E-state index contributed by atoms with van der Waals surface area (Å²) in [5.74, 6) is 1.67. The molecule has 12 nitrogen and oxygen atoms in total. The first kappa shape index (κ1) is 27.5. The number of pyridine rings is 1. The van der Waals surface area contributed by atoms with Crippen molar-refractivity contribution in [3.63, 3.8) is 0 Å². The van der Waals surface area contributed by atoms with Gasteiger partial charge in [-0.2, -0.15) is 0 Å². The van der Waals surface area contributed by atoms with Gasteiger partial charge in [0.15, 0.2) is 17.4 Å². The third-order valence-electron chi connectivity index (χ3n) is 8.42. The average Bonchev–Trinajstić information content (AvgIpc) is 3.39. The number of aliphatic hydroxyl groups is 2. The lowest BCUT2D eigenvalue weighted by molar-refractivity contribution is 0.0513. The Bertz CT molecular complexity index is 1280. The Balaban J connectivity index is 1.19. The molecule has 0 radical (unpaired) electrons. The van der Waals surface area contributed by atoms with Crippen molar-refractivity contribution in [2.45, 2.75) is 73.9 Å². The van der Waals surface area contributed by atoms with Gasteiger partial charge < -0.3 is 35.2 Å². The first-order chi connectivity index (χ1) is 19.1. The van der Waals surface area contributed by atoms with Gasteiger partial charge in [-0.1, -0.05) is 11.8 Å². The van der Waals surface area contributed by atoms with Crippen LogP contribution in [0.5, 0.6) is 5.75 Å². The number of anilines is 2. The number of hydrogen-bond donors (Lipinski definition) is 3. The molecule has 0 aromatic carbocycles. The van der Waals surface area contributed by atoms with Gasteiger partial charge in [0, 0.05) is 37.3 Å². The molecule has 0 aliphatic carbocycles. The van der Waals surface area contributed by atoms with Crippen LogP contribution in [-0.4, -0.2) is 99.3 Å². The summed E-state index contributed by atoms with van der Waals surface area (Å²) in [7, 11) is 0. The quantitative estimate of drug-likeness (QED) is 0.464. The molecule has 0 bridgehead atoms. The summed E-state index contributed by atoms with van der Waals surface area (Å²) >= 11 is 1.36. The molecule has 6 rings (SSSR count). The fourth-order valence-electron chi connectivity index (χ4n) is 6.27. The number of aliphatic hydroxyl groups excluding tert-OH is 1. The van der Waals surface area contributed by atoms with E-state index in [0.29, 0.717) is 47.9 Å². The van der Waals surface area contributed by atoms with E-state index in [0.717, 1.165) is 30.8 Å². The monoisotopic (exact) mass is 571 g/mol. The maximum Gasteiger partial charge on any atom is 0.326 e. The molecule has 2 amide bonds. The van der Waals surface area contributed by atoms with Crippen molar-refractivity contribution in [1.29, 1.82) is 0 Å². The second kappa shape index (κ2) is 10.3. The predicted molar refractivity (Wildman–Crippen MR) is 149 cm³/mol. The Labute approximate surface area is 237 Å². The van der Waals surface area contributed by atoms with Crippen LogP contribution in [0.15, 0.2) is 28.4 Å². The number of amides is 2. The van der Waals surface area contributed by atoms with Gasteiger partial charge in [-0.15, -0.1) is 0 Å². The van der Waals surface area contributed by atoms with Crippen molar-refractivity contribution in [2.24, 2.45) is 11.1 Å². The molecule has 2 aromatic rings. The number of piperidine rings is 1. The third kappa shape index (κ3) is 4.87. The molecule has 2 aromatic heterocycles. The van der Waals surface area contributed by atoms with Crippen LogP contribution in [0.25, 0.3) is 0 Å². The second-order valence-corrected chi connectivity index (χ2v) is 13.0. The molecular weight excluding hydrogens is 534 g/mol. The third-order valence-corrected chi connectivity index (χ3v) is 9.37. The standard InChI is InChI=1S/C27H37N7O5S/c1-16-22(28)27(15-39-16)5-8-32(9-6-27)23-18(12-35)31-20(10-30-23)40-19-4-7-29-24-21(19)38-13-17-11-33(14-26(2,3)37)25(36)34(17)24/h4,7,10,16-17,22,35,37H,5-6,8-9,11-15,28H2,1-3H3/t16-,17?,22+/m0/s1. The highest BCUT2D eigenvalue weighted by Crippen LogP contribution is 2.45. The minimum absolute atomic E-state index is 0.0000159. The topological polar surface area (TPSA) is 150 Å². The molecule has 216 valence electrons. The Morgan fingerprint density at radius 3 is 2.70 bits per heavy atom. The number of nitrogens with zero attached hydrogens (tertiary/aromatic N) is 6. The molecule has 4 N–H and O–H groups in total. The van der Waals surface area contributed by atoms with Gasteiger partial charge in [-0.05, 0) is 39.7 Å². The number of fused-ring (bicyclic) bond motifs is 3. The second-order valence-electron chi connectivity index (χ2n) is 11.9. The van der Waals surface area contributed by atoms with Crippen LogP contribution in [0, 0.1) is 5.41 Å². The van der Waals surface area contributed by atoms with Crippen molar-refractivity contribution >= 4 is 29.4 Å². The molecule has 3 atom stereocenters. The highest BCUT2D eigenvalue weighted by molar-refractivity contribution is 7.99. The lowest BCUT2D eigenvalue weighted by Gasteiger charge is -2.41. The van der Waals surface area contributed by atoms with E-state index in [2.05, 4.69) is 9.88 Å². The van der Waals surface area contributed by atoms with Gasteiger partial charge in [0.25, 0.3) is 0 Å². The number of β-amino-alcohol motifs (C(OH)–C–C–N with tert-alkyl or cyclic N) is 1. The average molecular weight is 572 g/mol. The summed E-state index contributed by atoms with van der Waals surface area (Å²) in [4.78, 5) is 33.3. The van der Waals surface area contributed by atoms with E-state index in [-0.39, 0.29) is 42.8 Å². The van der Waals surface area contributed by atoms with Gasteiger partial charge in [-0.25, -0.2) is 19.7 Å². The van der Waals surface area contributed by atoms with Crippen molar-refractivity contribution in [1.82, 2.24) is 19.9 Å². The Morgan fingerprint density at radius 1 is 1.25 bits per heavy atom. The number of hydrogen-bond acceptors (Lipinski definition) is 11. The maximum absolute atomic E-state index is 13.2. The molecule has 4 aliphatic rings. The summed E-state index contributed by atoms with van der Waals surface area (Å²) in [5, 5.41) is 21.0. The lowest BCUT2D eigenvalue weighted by Crippen LogP contribution is -2.51. The number of urea groups is 1. The molecule has 4 aliphatic heterocycles. The van der Waals surface area contributed by atoms with Crippen LogP contribution in [0.4, 0.5) is 16.4 Å². The molecule has 13 heteroatoms. The number of ether oxygens (including phenoxy) is 2. The molecule has 3 saturated heterocycles. The van der Waals surface area contributed by atoms with E-state index in [1.54, 1.807) is 36.0 Å². The normalized spacial score (nSPS) is 25.8. The number of carbonyl (C=O) groups excluding carboxylic acids is 1. The van der Waals surface area contributed by atoms with Crippen molar-refractivity contribution < 1.29 is 24.5 Å². The maximum atomic E-state index is 13.2. The van der Waals surface area contributed by atoms with Crippen molar-refractivity contribution in [3.05, 3.63) is 24.2 Å². The molecular formula is C27H37N7O5S. The number of rotatable bonds is 6.